The Bertz CT molecular complexity index is 1190. The largest absolute Gasteiger partial charge is 0.266 e. The molecule has 0 bridgehead atoms. The zero-order valence-electron chi connectivity index (χ0n) is 14.6. The van der Waals surface area contributed by atoms with E-state index < -0.39 is 10.0 Å². The number of rotatable bonds is 5. The van der Waals surface area contributed by atoms with E-state index in [2.05, 4.69) is 19.8 Å². The van der Waals surface area contributed by atoms with Crippen molar-refractivity contribution in [1.29, 1.82) is 0 Å². The molecule has 0 saturated heterocycles. The van der Waals surface area contributed by atoms with Crippen LogP contribution in [0.2, 0.25) is 0 Å². The summed E-state index contributed by atoms with van der Waals surface area (Å²) in [7, 11) is -3.86. The second-order valence-electron chi connectivity index (χ2n) is 6.19. The lowest BCUT2D eigenvalue weighted by Gasteiger charge is -2.07. The number of pyridine rings is 1. The van der Waals surface area contributed by atoms with Crippen LogP contribution in [0.1, 0.15) is 11.1 Å². The molecule has 2 aromatic heterocycles. The summed E-state index contributed by atoms with van der Waals surface area (Å²) in [5.74, 6) is 0.0232. The van der Waals surface area contributed by atoms with Crippen molar-refractivity contribution in [2.24, 2.45) is 0 Å². The van der Waals surface area contributed by atoms with Crippen molar-refractivity contribution in [3.8, 4) is 0 Å². The number of nitrogens with one attached hydrogen (secondary N) is 1. The highest BCUT2D eigenvalue weighted by molar-refractivity contribution is 7.93. The van der Waals surface area contributed by atoms with Crippen LogP contribution in [0, 0.1) is 6.92 Å². The maximum Gasteiger partial charge on any atom is 0.266 e. The van der Waals surface area contributed by atoms with Crippen LogP contribution >= 0.6 is 0 Å². The molecule has 0 amide bonds. The molecule has 4 aromatic rings. The molecule has 0 radical (unpaired) electrons. The molecule has 0 saturated carbocycles. The second kappa shape index (κ2) is 6.81. The van der Waals surface area contributed by atoms with E-state index in [4.69, 9.17) is 0 Å². The van der Waals surface area contributed by atoms with Gasteiger partial charge in [0, 0.05) is 11.6 Å². The summed E-state index contributed by atoms with van der Waals surface area (Å²) in [6, 6.07) is 16.6. The van der Waals surface area contributed by atoms with E-state index in [0.717, 1.165) is 10.9 Å². The summed E-state index contributed by atoms with van der Waals surface area (Å²) in [6.45, 7) is 2.53. The van der Waals surface area contributed by atoms with Gasteiger partial charge in [0.2, 0.25) is 0 Å². The Labute approximate surface area is 156 Å². The molecule has 136 valence electrons. The first-order chi connectivity index (χ1) is 13.0. The van der Waals surface area contributed by atoms with E-state index >= 15 is 0 Å². The molecule has 4 rings (SSSR count). The third kappa shape index (κ3) is 3.65. The Morgan fingerprint density at radius 2 is 1.78 bits per heavy atom. The Morgan fingerprint density at radius 1 is 1.00 bits per heavy atom. The highest BCUT2D eigenvalue weighted by atomic mass is 32.2. The van der Waals surface area contributed by atoms with E-state index in [1.807, 2.05) is 43.3 Å². The zero-order valence-corrected chi connectivity index (χ0v) is 15.4. The maximum absolute atomic E-state index is 12.8. The summed E-state index contributed by atoms with van der Waals surface area (Å²) < 4.78 is 29.6. The number of benzene rings is 2. The lowest BCUT2D eigenvalue weighted by molar-refractivity contribution is 0.601. The summed E-state index contributed by atoms with van der Waals surface area (Å²) in [4.78, 5) is 8.35. The van der Waals surface area contributed by atoms with Gasteiger partial charge in [-0.05, 0) is 24.6 Å². The third-order valence-electron chi connectivity index (χ3n) is 4.11. The number of fused-ring (bicyclic) bond motifs is 1. The van der Waals surface area contributed by atoms with Gasteiger partial charge in [-0.2, -0.15) is 4.98 Å². The Kier molecular flexibility index (Phi) is 4.33. The van der Waals surface area contributed by atoms with Crippen LogP contribution < -0.4 is 4.72 Å². The molecular weight excluding hydrogens is 362 g/mol. The predicted octanol–water partition coefficient (Wildman–Crippen LogP) is 2.98. The molecule has 0 aliphatic rings. The minimum atomic E-state index is -3.86. The Morgan fingerprint density at radius 3 is 2.59 bits per heavy atom. The molecule has 8 heteroatoms. The summed E-state index contributed by atoms with van der Waals surface area (Å²) >= 11 is 0. The van der Waals surface area contributed by atoms with Crippen LogP contribution in [0.3, 0.4) is 0 Å². The minimum absolute atomic E-state index is 0.0232. The standard InChI is InChI=1S/C19H17N5O2S/c1-14-7-9-15(10-8-14)12-24-13-21-19(22-24)23-27(25,26)17-6-2-4-16-5-3-11-20-18(16)17/h2-11,13H,12H2,1H3,(H,22,23). The SMILES string of the molecule is Cc1ccc(Cn2cnc(NS(=O)(=O)c3cccc4cccnc34)n2)cc1. The molecule has 0 spiro atoms. The summed E-state index contributed by atoms with van der Waals surface area (Å²) in [5, 5.41) is 4.96. The van der Waals surface area contributed by atoms with E-state index in [0.29, 0.717) is 12.1 Å². The monoisotopic (exact) mass is 379 g/mol. The zero-order chi connectivity index (χ0) is 18.9. The van der Waals surface area contributed by atoms with E-state index in [-0.39, 0.29) is 10.8 Å². The fourth-order valence-electron chi connectivity index (χ4n) is 2.77. The molecule has 2 heterocycles. The molecule has 0 aliphatic heterocycles. The van der Waals surface area contributed by atoms with Crippen LogP contribution in [-0.2, 0) is 16.6 Å². The highest BCUT2D eigenvalue weighted by Crippen LogP contribution is 2.22. The normalized spacial score (nSPS) is 11.6. The molecule has 7 nitrogen and oxygen atoms in total. The lowest BCUT2D eigenvalue weighted by atomic mass is 10.1. The number of hydrogen-bond acceptors (Lipinski definition) is 5. The average Bonchev–Trinajstić information content (AvgIpc) is 3.09. The molecular formula is C19H17N5O2S. The van der Waals surface area contributed by atoms with Gasteiger partial charge in [-0.1, -0.05) is 48.0 Å². The van der Waals surface area contributed by atoms with Gasteiger partial charge in [0.25, 0.3) is 16.0 Å². The molecule has 1 N–H and O–H groups in total. The van der Waals surface area contributed by atoms with Gasteiger partial charge in [0.15, 0.2) is 0 Å². The first kappa shape index (κ1) is 17.2. The van der Waals surface area contributed by atoms with Crippen LogP contribution in [0.4, 0.5) is 5.95 Å². The van der Waals surface area contributed by atoms with Crippen molar-refractivity contribution < 1.29 is 8.42 Å². The fraction of sp³-hybridized carbons (Fsp3) is 0.105. The topological polar surface area (TPSA) is 89.8 Å². The number of para-hydroxylation sites is 1. The second-order valence-corrected chi connectivity index (χ2v) is 7.84. The number of anilines is 1. The van der Waals surface area contributed by atoms with Crippen molar-refractivity contribution >= 4 is 26.9 Å². The predicted molar refractivity (Wildman–Crippen MR) is 103 cm³/mol. The first-order valence-corrected chi connectivity index (χ1v) is 9.81. The van der Waals surface area contributed by atoms with Crippen molar-refractivity contribution in [3.05, 3.63) is 78.2 Å². The number of nitrogens with zero attached hydrogens (tertiary/aromatic N) is 4. The number of aryl methyl sites for hydroxylation is 1. The average molecular weight is 379 g/mol. The Hall–Kier alpha value is -3.26. The van der Waals surface area contributed by atoms with Gasteiger partial charge in [-0.15, -0.1) is 5.10 Å². The van der Waals surface area contributed by atoms with Gasteiger partial charge in [0.1, 0.15) is 11.2 Å². The van der Waals surface area contributed by atoms with Crippen LogP contribution in [0.25, 0.3) is 10.9 Å². The molecule has 2 aromatic carbocycles. The van der Waals surface area contributed by atoms with Crippen LogP contribution in [0.5, 0.6) is 0 Å². The van der Waals surface area contributed by atoms with E-state index in [1.54, 1.807) is 23.0 Å². The smallest absolute Gasteiger partial charge is 0.255 e. The summed E-state index contributed by atoms with van der Waals surface area (Å²) in [6.07, 6.45) is 3.06. The quantitative estimate of drug-likeness (QED) is 0.576. The molecule has 0 atom stereocenters. The Balaban J connectivity index is 1.58. The van der Waals surface area contributed by atoms with Crippen molar-refractivity contribution in [2.45, 2.75) is 18.4 Å². The molecule has 0 aliphatic carbocycles. The van der Waals surface area contributed by atoms with Gasteiger partial charge in [-0.25, -0.2) is 17.8 Å². The number of sulfonamides is 1. The van der Waals surface area contributed by atoms with Crippen LogP contribution in [0.15, 0.2) is 72.0 Å². The summed E-state index contributed by atoms with van der Waals surface area (Å²) in [5.41, 5.74) is 2.64. The van der Waals surface area contributed by atoms with Gasteiger partial charge < -0.3 is 0 Å². The molecule has 27 heavy (non-hydrogen) atoms. The van der Waals surface area contributed by atoms with Crippen molar-refractivity contribution in [3.63, 3.8) is 0 Å². The molecule has 0 unspecified atom stereocenters. The molecule has 0 fully saturated rings. The maximum atomic E-state index is 12.8. The fourth-order valence-corrected chi connectivity index (χ4v) is 3.89. The van der Waals surface area contributed by atoms with Crippen molar-refractivity contribution in [2.75, 3.05) is 4.72 Å². The third-order valence-corrected chi connectivity index (χ3v) is 5.47. The first-order valence-electron chi connectivity index (χ1n) is 8.33. The number of hydrogen-bond donors (Lipinski definition) is 1. The van der Waals surface area contributed by atoms with Gasteiger partial charge in [0.05, 0.1) is 12.1 Å². The lowest BCUT2D eigenvalue weighted by Crippen LogP contribution is -2.15. The van der Waals surface area contributed by atoms with Gasteiger partial charge >= 0.3 is 0 Å². The van der Waals surface area contributed by atoms with Gasteiger partial charge in [-0.3, -0.25) is 4.98 Å². The minimum Gasteiger partial charge on any atom is -0.255 e. The van der Waals surface area contributed by atoms with E-state index in [1.165, 1.54) is 18.0 Å². The number of aromatic nitrogens is 4. The van der Waals surface area contributed by atoms with Crippen molar-refractivity contribution in [1.82, 2.24) is 19.7 Å². The highest BCUT2D eigenvalue weighted by Gasteiger charge is 2.20. The van der Waals surface area contributed by atoms with E-state index in [9.17, 15) is 8.42 Å². The van der Waals surface area contributed by atoms with Crippen LogP contribution in [-0.4, -0.2) is 28.2 Å².